The van der Waals surface area contributed by atoms with E-state index in [4.69, 9.17) is 0 Å². The second kappa shape index (κ2) is 8.14. The van der Waals surface area contributed by atoms with Gasteiger partial charge >= 0.3 is 0 Å². The first-order valence-corrected chi connectivity index (χ1v) is 4.21. The predicted octanol–water partition coefficient (Wildman–Crippen LogP) is 1.51. The Morgan fingerprint density at radius 3 is 2.83 bits per heavy atom. The molecule has 0 radical (unpaired) electrons. The summed E-state index contributed by atoms with van der Waals surface area (Å²) in [6, 6.07) is 0. The predicted molar refractivity (Wildman–Crippen MR) is 51.8 cm³/mol. The maximum atomic E-state index is 9.24. The van der Waals surface area contributed by atoms with Gasteiger partial charge in [-0.3, -0.25) is 0 Å². The molecule has 0 aliphatic rings. The summed E-state index contributed by atoms with van der Waals surface area (Å²) in [7, 11) is 1.90. The molecule has 3 N–H and O–H groups in total. The van der Waals surface area contributed by atoms with Gasteiger partial charge in [-0.1, -0.05) is 6.08 Å². The Morgan fingerprint density at radius 2 is 2.25 bits per heavy atom. The molecular formula is C9H18N2O. The van der Waals surface area contributed by atoms with Crippen molar-refractivity contribution in [1.82, 2.24) is 10.6 Å². The van der Waals surface area contributed by atoms with Crippen molar-refractivity contribution >= 4 is 0 Å². The molecule has 0 fully saturated rings. The average molecular weight is 170 g/mol. The van der Waals surface area contributed by atoms with E-state index < -0.39 is 0 Å². The molecule has 12 heavy (non-hydrogen) atoms. The fourth-order valence-electron chi connectivity index (χ4n) is 0.759. The second-order valence-corrected chi connectivity index (χ2v) is 2.51. The van der Waals surface area contributed by atoms with Gasteiger partial charge in [0, 0.05) is 12.6 Å². The van der Waals surface area contributed by atoms with E-state index in [2.05, 4.69) is 10.6 Å². The molecule has 0 aromatic heterocycles. The number of aliphatic hydroxyl groups is 1. The molecule has 0 amide bonds. The van der Waals surface area contributed by atoms with Crippen LogP contribution in [0.1, 0.15) is 19.8 Å². The summed E-state index contributed by atoms with van der Waals surface area (Å²) < 4.78 is 0. The summed E-state index contributed by atoms with van der Waals surface area (Å²) in [6.07, 6.45) is 6.92. The normalized spacial score (nSPS) is 12.3. The van der Waals surface area contributed by atoms with Crippen LogP contribution < -0.4 is 10.6 Å². The third-order valence-electron chi connectivity index (χ3n) is 1.37. The maximum absolute atomic E-state index is 9.24. The van der Waals surface area contributed by atoms with Crippen LogP contribution in [0.2, 0.25) is 0 Å². The Bertz CT molecular complexity index is 153. The van der Waals surface area contributed by atoms with E-state index in [9.17, 15) is 5.11 Å². The van der Waals surface area contributed by atoms with Crippen molar-refractivity contribution in [2.45, 2.75) is 19.8 Å². The lowest BCUT2D eigenvalue weighted by molar-refractivity contribution is 0.379. The van der Waals surface area contributed by atoms with Crippen molar-refractivity contribution in [2.75, 3.05) is 13.6 Å². The maximum Gasteiger partial charge on any atom is 0.108 e. The van der Waals surface area contributed by atoms with Crippen LogP contribution in [0, 0.1) is 0 Å². The highest BCUT2D eigenvalue weighted by molar-refractivity contribution is 4.92. The van der Waals surface area contributed by atoms with Gasteiger partial charge in [-0.15, -0.1) is 0 Å². The van der Waals surface area contributed by atoms with E-state index in [1.807, 2.05) is 20.0 Å². The van der Waals surface area contributed by atoms with Crippen LogP contribution in [0.15, 0.2) is 24.2 Å². The number of hydrogen-bond donors (Lipinski definition) is 3. The molecule has 0 spiro atoms. The Kier molecular flexibility index (Phi) is 7.49. The first kappa shape index (κ1) is 11.0. The van der Waals surface area contributed by atoms with Crippen molar-refractivity contribution in [3.8, 4) is 0 Å². The summed E-state index contributed by atoms with van der Waals surface area (Å²) in [5, 5.41) is 15.1. The molecule has 0 aliphatic carbocycles. The highest BCUT2D eigenvalue weighted by Gasteiger charge is 1.90. The zero-order valence-corrected chi connectivity index (χ0v) is 7.80. The number of allylic oxidation sites excluding steroid dienone is 2. The van der Waals surface area contributed by atoms with Crippen molar-refractivity contribution < 1.29 is 5.11 Å². The molecule has 3 heteroatoms. The Labute approximate surface area is 74.2 Å². The lowest BCUT2D eigenvalue weighted by Gasteiger charge is -1.99. The molecule has 0 bridgehead atoms. The van der Waals surface area contributed by atoms with E-state index in [-0.39, 0.29) is 0 Å². The van der Waals surface area contributed by atoms with Gasteiger partial charge < -0.3 is 15.7 Å². The van der Waals surface area contributed by atoms with Crippen molar-refractivity contribution in [3.63, 3.8) is 0 Å². The zero-order valence-electron chi connectivity index (χ0n) is 7.80. The largest absolute Gasteiger partial charge is 0.511 e. The van der Waals surface area contributed by atoms with Crippen LogP contribution in [-0.4, -0.2) is 18.7 Å². The van der Waals surface area contributed by atoms with Crippen LogP contribution in [0.4, 0.5) is 0 Å². The fourth-order valence-corrected chi connectivity index (χ4v) is 0.759. The molecule has 0 rings (SSSR count). The zero-order chi connectivity index (χ0) is 9.23. The highest BCUT2D eigenvalue weighted by Crippen LogP contribution is 1.97. The van der Waals surface area contributed by atoms with E-state index in [1.165, 1.54) is 0 Å². The molecule has 70 valence electrons. The smallest absolute Gasteiger partial charge is 0.108 e. The molecule has 0 saturated carbocycles. The molecule has 0 atom stereocenters. The van der Waals surface area contributed by atoms with Crippen LogP contribution >= 0.6 is 0 Å². The van der Waals surface area contributed by atoms with Crippen LogP contribution in [0.25, 0.3) is 0 Å². The van der Waals surface area contributed by atoms with E-state index >= 15 is 0 Å². The van der Waals surface area contributed by atoms with Crippen LogP contribution in [-0.2, 0) is 0 Å². The minimum Gasteiger partial charge on any atom is -0.511 e. The summed E-state index contributed by atoms with van der Waals surface area (Å²) in [4.78, 5) is 0. The third-order valence-corrected chi connectivity index (χ3v) is 1.37. The molecule has 0 heterocycles. The van der Waals surface area contributed by atoms with Gasteiger partial charge in [0.2, 0.25) is 0 Å². The number of aliphatic hydroxyl groups excluding tert-OH is 1. The van der Waals surface area contributed by atoms with Gasteiger partial charge in [0.15, 0.2) is 0 Å². The molecule has 0 aliphatic heterocycles. The fraction of sp³-hybridized carbons (Fsp3) is 0.556. The van der Waals surface area contributed by atoms with E-state index in [1.54, 1.807) is 12.4 Å². The lowest BCUT2D eigenvalue weighted by Crippen LogP contribution is -2.07. The van der Waals surface area contributed by atoms with Crippen molar-refractivity contribution in [1.29, 1.82) is 0 Å². The lowest BCUT2D eigenvalue weighted by atomic mass is 10.3. The highest BCUT2D eigenvalue weighted by atomic mass is 16.3. The van der Waals surface area contributed by atoms with Crippen molar-refractivity contribution in [2.24, 2.45) is 0 Å². The standard InChI is InChI=1S/C9H18N2O/c1-3-6-11-8-9(12)5-4-7-10-2/h3,6,8,10-12H,4-5,7H2,1-2H3/b6-3-,9-8-. The van der Waals surface area contributed by atoms with Gasteiger partial charge in [0.25, 0.3) is 0 Å². The van der Waals surface area contributed by atoms with Crippen molar-refractivity contribution in [3.05, 3.63) is 24.2 Å². The molecule has 0 aromatic carbocycles. The minimum absolute atomic E-state index is 0.392. The van der Waals surface area contributed by atoms with E-state index in [0.717, 1.165) is 13.0 Å². The average Bonchev–Trinajstić information content (AvgIpc) is 2.06. The van der Waals surface area contributed by atoms with E-state index in [0.29, 0.717) is 12.2 Å². The summed E-state index contributed by atoms with van der Waals surface area (Å²) in [5.41, 5.74) is 0. The van der Waals surface area contributed by atoms with Crippen LogP contribution in [0.5, 0.6) is 0 Å². The molecular weight excluding hydrogens is 152 g/mol. The Hall–Kier alpha value is -0.960. The number of nitrogens with one attached hydrogen (secondary N) is 2. The summed E-state index contributed by atoms with van der Waals surface area (Å²) >= 11 is 0. The molecule has 0 saturated heterocycles. The van der Waals surface area contributed by atoms with Gasteiger partial charge in [-0.25, -0.2) is 0 Å². The second-order valence-electron chi connectivity index (χ2n) is 2.51. The first-order chi connectivity index (χ1) is 5.81. The summed E-state index contributed by atoms with van der Waals surface area (Å²) in [5.74, 6) is 0.392. The summed E-state index contributed by atoms with van der Waals surface area (Å²) in [6.45, 7) is 2.85. The van der Waals surface area contributed by atoms with Gasteiger partial charge in [-0.05, 0) is 33.1 Å². The Morgan fingerprint density at radius 1 is 1.50 bits per heavy atom. The number of rotatable bonds is 6. The van der Waals surface area contributed by atoms with Gasteiger partial charge in [-0.2, -0.15) is 0 Å². The SMILES string of the molecule is C/C=C\N/C=C(\O)CCCNC. The quantitative estimate of drug-likeness (QED) is 0.418. The third kappa shape index (κ3) is 7.15. The van der Waals surface area contributed by atoms with Gasteiger partial charge in [0.1, 0.15) is 5.76 Å². The molecule has 0 aromatic rings. The monoisotopic (exact) mass is 170 g/mol. The molecule has 0 unspecified atom stereocenters. The first-order valence-electron chi connectivity index (χ1n) is 4.21. The van der Waals surface area contributed by atoms with Crippen LogP contribution in [0.3, 0.4) is 0 Å². The van der Waals surface area contributed by atoms with Gasteiger partial charge in [0.05, 0.1) is 0 Å². The minimum atomic E-state index is 0.392. The Balaban J connectivity index is 3.42. The number of hydrogen-bond acceptors (Lipinski definition) is 3. The topological polar surface area (TPSA) is 44.3 Å². The molecule has 3 nitrogen and oxygen atoms in total.